The maximum Gasteiger partial charge on any atom is 0.416 e. The van der Waals surface area contributed by atoms with Crippen LogP contribution < -0.4 is 5.32 Å². The van der Waals surface area contributed by atoms with E-state index in [4.69, 9.17) is 0 Å². The zero-order valence-electron chi connectivity index (χ0n) is 11.9. The number of carbonyl (C=O) groups is 1. The highest BCUT2D eigenvalue weighted by Crippen LogP contribution is 2.29. The number of hydrogen-bond donors (Lipinski definition) is 1. The van der Waals surface area contributed by atoms with Crippen LogP contribution in [0.1, 0.15) is 43.7 Å². The summed E-state index contributed by atoms with van der Waals surface area (Å²) in [7, 11) is 0. The van der Waals surface area contributed by atoms with Crippen molar-refractivity contribution < 1.29 is 18.0 Å². The second kappa shape index (κ2) is 8.35. The Morgan fingerprint density at radius 3 is 2.71 bits per heavy atom. The SMILES string of the molecule is CCCCCC(=O)NCC#Cc1cccc(C(F)(F)F)c1. The lowest BCUT2D eigenvalue weighted by Gasteiger charge is -2.05. The Balaban J connectivity index is 2.47. The maximum atomic E-state index is 12.5. The molecular weight excluding hydrogens is 279 g/mol. The van der Waals surface area contributed by atoms with E-state index in [0.29, 0.717) is 6.42 Å². The van der Waals surface area contributed by atoms with Crippen LogP contribution in [0, 0.1) is 11.8 Å². The summed E-state index contributed by atoms with van der Waals surface area (Å²) < 4.78 is 37.5. The summed E-state index contributed by atoms with van der Waals surface area (Å²) in [5, 5.41) is 2.62. The molecule has 1 rings (SSSR count). The number of unbranched alkanes of at least 4 members (excludes halogenated alkanes) is 2. The molecule has 1 aromatic carbocycles. The van der Waals surface area contributed by atoms with E-state index in [1.54, 1.807) is 0 Å². The van der Waals surface area contributed by atoms with Gasteiger partial charge in [-0.1, -0.05) is 37.7 Å². The lowest BCUT2D eigenvalue weighted by Crippen LogP contribution is -2.23. The van der Waals surface area contributed by atoms with Crippen LogP contribution in [-0.2, 0) is 11.0 Å². The van der Waals surface area contributed by atoms with Gasteiger partial charge >= 0.3 is 6.18 Å². The topological polar surface area (TPSA) is 29.1 Å². The molecule has 0 fully saturated rings. The Kier molecular flexibility index (Phi) is 6.80. The van der Waals surface area contributed by atoms with Gasteiger partial charge in [-0.05, 0) is 24.6 Å². The molecule has 1 amide bonds. The van der Waals surface area contributed by atoms with Crippen LogP contribution in [0.25, 0.3) is 0 Å². The minimum atomic E-state index is -4.37. The fourth-order valence-corrected chi connectivity index (χ4v) is 1.69. The molecule has 21 heavy (non-hydrogen) atoms. The second-order valence-electron chi connectivity index (χ2n) is 4.61. The third-order valence-electron chi connectivity index (χ3n) is 2.80. The van der Waals surface area contributed by atoms with Crippen molar-refractivity contribution in [3.05, 3.63) is 35.4 Å². The molecule has 5 heteroatoms. The summed E-state index contributed by atoms with van der Waals surface area (Å²) in [6.45, 7) is 2.19. The number of amides is 1. The Bertz CT molecular complexity index is 526. The molecule has 0 radical (unpaired) electrons. The zero-order chi connectivity index (χ0) is 15.7. The van der Waals surface area contributed by atoms with E-state index in [1.165, 1.54) is 12.1 Å². The molecule has 114 valence electrons. The van der Waals surface area contributed by atoms with Gasteiger partial charge in [-0.2, -0.15) is 13.2 Å². The van der Waals surface area contributed by atoms with E-state index in [9.17, 15) is 18.0 Å². The Morgan fingerprint density at radius 2 is 2.05 bits per heavy atom. The lowest BCUT2D eigenvalue weighted by atomic mass is 10.1. The first-order valence-electron chi connectivity index (χ1n) is 6.86. The minimum Gasteiger partial charge on any atom is -0.345 e. The van der Waals surface area contributed by atoms with E-state index in [1.807, 2.05) is 0 Å². The summed E-state index contributed by atoms with van der Waals surface area (Å²) in [6.07, 6.45) is -1.03. The van der Waals surface area contributed by atoms with Gasteiger partial charge in [0.15, 0.2) is 0 Å². The standard InChI is InChI=1S/C16H18F3NO/c1-2-3-4-10-15(21)20-11-6-8-13-7-5-9-14(12-13)16(17,18)19/h5,7,9,12H,2-4,10-11H2,1H3,(H,20,21). The predicted octanol–water partition coefficient (Wildman–Crippen LogP) is 3.75. The van der Waals surface area contributed by atoms with Crippen molar-refractivity contribution in [1.29, 1.82) is 0 Å². The highest BCUT2D eigenvalue weighted by atomic mass is 19.4. The average Bonchev–Trinajstić information content (AvgIpc) is 2.43. The molecule has 0 aliphatic rings. The second-order valence-corrected chi connectivity index (χ2v) is 4.61. The van der Waals surface area contributed by atoms with Crippen molar-refractivity contribution in [2.75, 3.05) is 6.54 Å². The summed E-state index contributed by atoms with van der Waals surface area (Å²) in [5.74, 6) is 5.19. The number of nitrogens with one attached hydrogen (secondary N) is 1. The molecule has 0 atom stereocenters. The molecule has 0 spiro atoms. The van der Waals surface area contributed by atoms with E-state index in [-0.39, 0.29) is 18.0 Å². The first kappa shape index (κ1) is 17.1. The number of halogens is 3. The van der Waals surface area contributed by atoms with Gasteiger partial charge in [0.2, 0.25) is 5.91 Å². The zero-order valence-corrected chi connectivity index (χ0v) is 11.9. The monoisotopic (exact) mass is 297 g/mol. The number of rotatable bonds is 5. The van der Waals surface area contributed by atoms with Gasteiger partial charge in [0.1, 0.15) is 0 Å². The van der Waals surface area contributed by atoms with Crippen molar-refractivity contribution in [1.82, 2.24) is 5.32 Å². The van der Waals surface area contributed by atoms with Crippen LogP contribution in [0.4, 0.5) is 13.2 Å². The maximum absolute atomic E-state index is 12.5. The largest absolute Gasteiger partial charge is 0.416 e. The van der Waals surface area contributed by atoms with Crippen LogP contribution in [0.2, 0.25) is 0 Å². The number of benzene rings is 1. The lowest BCUT2D eigenvalue weighted by molar-refractivity contribution is -0.137. The van der Waals surface area contributed by atoms with Gasteiger partial charge in [-0.3, -0.25) is 4.79 Å². The van der Waals surface area contributed by atoms with Gasteiger partial charge in [-0.25, -0.2) is 0 Å². The highest BCUT2D eigenvalue weighted by Gasteiger charge is 2.30. The Labute approximate surface area is 122 Å². The fraction of sp³-hybridized carbons (Fsp3) is 0.438. The van der Waals surface area contributed by atoms with Crippen molar-refractivity contribution >= 4 is 5.91 Å². The molecule has 0 bridgehead atoms. The summed E-state index contributed by atoms with van der Waals surface area (Å²) >= 11 is 0. The average molecular weight is 297 g/mol. The smallest absolute Gasteiger partial charge is 0.345 e. The van der Waals surface area contributed by atoms with Crippen molar-refractivity contribution in [3.63, 3.8) is 0 Å². The van der Waals surface area contributed by atoms with Crippen LogP contribution >= 0.6 is 0 Å². The minimum absolute atomic E-state index is 0.0817. The third-order valence-corrected chi connectivity index (χ3v) is 2.80. The molecule has 0 aliphatic carbocycles. The molecule has 0 aliphatic heterocycles. The number of hydrogen-bond acceptors (Lipinski definition) is 1. The quantitative estimate of drug-likeness (QED) is 0.651. The van der Waals surface area contributed by atoms with Gasteiger partial charge in [0.05, 0.1) is 12.1 Å². The molecular formula is C16H18F3NO. The van der Waals surface area contributed by atoms with Gasteiger partial charge in [-0.15, -0.1) is 0 Å². The fourth-order valence-electron chi connectivity index (χ4n) is 1.69. The molecule has 0 saturated heterocycles. The Hall–Kier alpha value is -1.96. The molecule has 2 nitrogen and oxygen atoms in total. The van der Waals surface area contributed by atoms with E-state index >= 15 is 0 Å². The van der Waals surface area contributed by atoms with Crippen LogP contribution in [0.5, 0.6) is 0 Å². The third kappa shape index (κ3) is 6.84. The molecule has 0 aromatic heterocycles. The Morgan fingerprint density at radius 1 is 1.29 bits per heavy atom. The van der Waals surface area contributed by atoms with Crippen molar-refractivity contribution in [3.8, 4) is 11.8 Å². The number of alkyl halides is 3. The van der Waals surface area contributed by atoms with Gasteiger partial charge in [0, 0.05) is 12.0 Å². The first-order chi connectivity index (χ1) is 9.93. The van der Waals surface area contributed by atoms with Gasteiger partial charge < -0.3 is 5.32 Å². The van der Waals surface area contributed by atoms with Crippen LogP contribution in [0.15, 0.2) is 24.3 Å². The first-order valence-corrected chi connectivity index (χ1v) is 6.86. The number of carbonyl (C=O) groups excluding carboxylic acids is 1. The van der Waals surface area contributed by atoms with Crippen molar-refractivity contribution in [2.24, 2.45) is 0 Å². The van der Waals surface area contributed by atoms with Crippen LogP contribution in [-0.4, -0.2) is 12.5 Å². The molecule has 0 heterocycles. The van der Waals surface area contributed by atoms with E-state index in [2.05, 4.69) is 24.1 Å². The summed E-state index contributed by atoms with van der Waals surface area (Å²) in [4.78, 5) is 11.4. The normalized spacial score (nSPS) is 10.7. The van der Waals surface area contributed by atoms with E-state index < -0.39 is 11.7 Å². The van der Waals surface area contributed by atoms with Gasteiger partial charge in [0.25, 0.3) is 0 Å². The summed E-state index contributed by atoms with van der Waals surface area (Å²) in [5.41, 5.74) is -0.442. The van der Waals surface area contributed by atoms with E-state index in [0.717, 1.165) is 31.4 Å². The predicted molar refractivity (Wildman–Crippen MR) is 75.5 cm³/mol. The molecule has 0 saturated carbocycles. The molecule has 0 unspecified atom stereocenters. The summed E-state index contributed by atoms with van der Waals surface area (Å²) in [6, 6.07) is 4.82. The molecule has 1 N–H and O–H groups in total. The van der Waals surface area contributed by atoms with Crippen LogP contribution in [0.3, 0.4) is 0 Å². The highest BCUT2D eigenvalue weighted by molar-refractivity contribution is 5.76. The molecule has 1 aromatic rings. The van der Waals surface area contributed by atoms with Crippen molar-refractivity contribution in [2.45, 2.75) is 38.8 Å².